The second-order valence-electron chi connectivity index (χ2n) is 13.6. The van der Waals surface area contributed by atoms with Gasteiger partial charge in [-0.2, -0.15) is 0 Å². The molecule has 0 saturated carbocycles. The molecule has 1 radical (unpaired) electrons. The van der Waals surface area contributed by atoms with Crippen LogP contribution in [0.3, 0.4) is 0 Å². The van der Waals surface area contributed by atoms with Gasteiger partial charge in [0.1, 0.15) is 0 Å². The summed E-state index contributed by atoms with van der Waals surface area (Å²) in [4.78, 5) is 19.2. The van der Waals surface area contributed by atoms with Crippen molar-refractivity contribution >= 4 is 39.1 Å². The first-order valence-corrected chi connectivity index (χ1v) is 17.9. The Morgan fingerprint density at radius 1 is 0.917 bits per heavy atom. The molecule has 0 spiro atoms. The molecular formula is C43H48IrNO2S-. The average Bonchev–Trinajstić information content (AvgIpc) is 3.05. The standard InChI is InChI=1S/C30H24NS.C13H24O2.Ir/c1-18-17-31-28(21-15-20-9-5-6-12-22(20)24(16-21)30(2,3)4)29-26(18)23-13-7-10-19-11-8-14-25(32-29)27(19)23;1-5-10(6-2)12(14)9-13(15)11(7-3)8-4;/h5-14,16-17H,1-4H3;9-11,14H,5-8H2,1-4H3;/q-1;;/b;12-9-;. The number of aliphatic hydroxyl groups excluding tert-OH is 1. The Balaban J connectivity index is 0.000000279. The summed E-state index contributed by atoms with van der Waals surface area (Å²) in [6.45, 7) is 17.1. The quantitative estimate of drug-likeness (QED) is 0.0943. The van der Waals surface area contributed by atoms with Crippen molar-refractivity contribution in [2.24, 2.45) is 11.8 Å². The van der Waals surface area contributed by atoms with E-state index in [0.717, 1.165) is 42.3 Å². The second kappa shape index (κ2) is 16.0. The molecule has 4 aromatic carbocycles. The van der Waals surface area contributed by atoms with Gasteiger partial charge in [-0.15, -0.1) is 29.1 Å². The summed E-state index contributed by atoms with van der Waals surface area (Å²) in [5.41, 5.74) is 7.30. The molecule has 0 saturated heterocycles. The van der Waals surface area contributed by atoms with Crippen molar-refractivity contribution in [3.05, 3.63) is 102 Å². The average molecular weight is 835 g/mol. The van der Waals surface area contributed by atoms with E-state index in [9.17, 15) is 9.90 Å². The molecule has 2 heterocycles. The normalized spacial score (nSPS) is 12.5. The molecule has 1 aromatic heterocycles. The van der Waals surface area contributed by atoms with E-state index in [0.29, 0.717) is 0 Å². The van der Waals surface area contributed by atoms with Gasteiger partial charge in [-0.1, -0.05) is 120 Å². The van der Waals surface area contributed by atoms with Crippen LogP contribution in [-0.4, -0.2) is 15.9 Å². The molecule has 0 atom stereocenters. The van der Waals surface area contributed by atoms with Crippen molar-refractivity contribution in [3.63, 3.8) is 0 Å². The Labute approximate surface area is 305 Å². The zero-order valence-corrected chi connectivity index (χ0v) is 32.7. The monoisotopic (exact) mass is 835 g/mol. The van der Waals surface area contributed by atoms with Gasteiger partial charge in [-0.05, 0) is 66.2 Å². The van der Waals surface area contributed by atoms with E-state index in [4.69, 9.17) is 4.98 Å². The molecule has 253 valence electrons. The Morgan fingerprint density at radius 2 is 1.56 bits per heavy atom. The molecule has 1 aliphatic rings. The summed E-state index contributed by atoms with van der Waals surface area (Å²) in [5.74, 6) is 0.547. The molecule has 48 heavy (non-hydrogen) atoms. The van der Waals surface area contributed by atoms with Gasteiger partial charge in [-0.3, -0.25) is 9.78 Å². The number of ketones is 1. The van der Waals surface area contributed by atoms with Gasteiger partial charge >= 0.3 is 0 Å². The molecule has 0 unspecified atom stereocenters. The first-order chi connectivity index (χ1) is 22.5. The third-order valence-electron chi connectivity index (χ3n) is 9.49. The van der Waals surface area contributed by atoms with Crippen LogP contribution in [0.25, 0.3) is 43.9 Å². The number of pyridine rings is 1. The van der Waals surface area contributed by atoms with Crippen LogP contribution in [0.2, 0.25) is 0 Å². The van der Waals surface area contributed by atoms with E-state index in [1.54, 1.807) is 0 Å². The maximum atomic E-state index is 11.7. The van der Waals surface area contributed by atoms with E-state index in [1.165, 1.54) is 54.3 Å². The number of fused-ring (bicyclic) bond motifs is 3. The minimum atomic E-state index is 0. The third kappa shape index (κ3) is 7.65. The van der Waals surface area contributed by atoms with Crippen molar-refractivity contribution in [2.45, 2.75) is 96.3 Å². The van der Waals surface area contributed by atoms with Crippen LogP contribution in [0.1, 0.15) is 85.3 Å². The van der Waals surface area contributed by atoms with Crippen LogP contribution in [0.15, 0.2) is 94.6 Å². The number of hydrogen-bond donors (Lipinski definition) is 1. The van der Waals surface area contributed by atoms with Crippen LogP contribution >= 0.6 is 11.8 Å². The summed E-state index contributed by atoms with van der Waals surface area (Å²) in [5, 5.41) is 14.8. The SMILES string of the molecule is CCC(CC)C(=O)/C=C(\O)C(CC)CC.Cc1cnc(-c2[c-]c3ccccc3c(C(C)(C)C)c2)c2c1-c1cccc3cccc(c13)S2.[Ir]. The molecule has 0 fully saturated rings. The number of allylic oxidation sites excluding steroid dienone is 2. The molecule has 0 aliphatic carbocycles. The van der Waals surface area contributed by atoms with Gasteiger partial charge in [0.15, 0.2) is 5.78 Å². The van der Waals surface area contributed by atoms with E-state index >= 15 is 0 Å². The Bertz CT molecular complexity index is 1940. The van der Waals surface area contributed by atoms with E-state index < -0.39 is 0 Å². The fourth-order valence-electron chi connectivity index (χ4n) is 6.68. The smallest absolute Gasteiger partial charge is 0.162 e. The molecule has 3 nitrogen and oxygen atoms in total. The number of carbonyl (C=O) groups excluding carboxylic acids is 1. The van der Waals surface area contributed by atoms with Gasteiger partial charge in [0.05, 0.1) is 5.76 Å². The van der Waals surface area contributed by atoms with Gasteiger partial charge in [0.25, 0.3) is 0 Å². The minimum Gasteiger partial charge on any atom is -0.512 e. The summed E-state index contributed by atoms with van der Waals surface area (Å²) < 4.78 is 0. The summed E-state index contributed by atoms with van der Waals surface area (Å²) in [7, 11) is 0. The van der Waals surface area contributed by atoms with E-state index in [-0.39, 0.29) is 48.9 Å². The molecule has 5 aromatic rings. The molecule has 5 heteroatoms. The number of carbonyl (C=O) groups is 1. The van der Waals surface area contributed by atoms with Crippen LogP contribution in [0.4, 0.5) is 0 Å². The van der Waals surface area contributed by atoms with E-state index in [1.807, 2.05) is 45.7 Å². The third-order valence-corrected chi connectivity index (χ3v) is 10.7. The summed E-state index contributed by atoms with van der Waals surface area (Å²) in [6.07, 6.45) is 6.94. The van der Waals surface area contributed by atoms with Crippen LogP contribution < -0.4 is 0 Å². The van der Waals surface area contributed by atoms with Crippen molar-refractivity contribution in [1.82, 2.24) is 4.98 Å². The summed E-state index contributed by atoms with van der Waals surface area (Å²) in [6, 6.07) is 27.8. The predicted octanol–water partition coefficient (Wildman–Crippen LogP) is 12.5. The fraction of sp³-hybridized carbons (Fsp3) is 0.349. The Morgan fingerprint density at radius 3 is 2.21 bits per heavy atom. The number of aryl methyl sites for hydroxylation is 1. The first-order valence-electron chi connectivity index (χ1n) is 17.1. The zero-order chi connectivity index (χ0) is 33.9. The van der Waals surface area contributed by atoms with Crippen LogP contribution in [-0.2, 0) is 30.3 Å². The number of hydrogen-bond acceptors (Lipinski definition) is 4. The minimum absolute atomic E-state index is 0. The maximum Gasteiger partial charge on any atom is 0.162 e. The Kier molecular flexibility index (Phi) is 12.5. The molecular weight excluding hydrogens is 787 g/mol. The van der Waals surface area contributed by atoms with Crippen molar-refractivity contribution < 1.29 is 30.0 Å². The molecule has 1 aliphatic heterocycles. The second-order valence-corrected chi connectivity index (χ2v) is 14.7. The number of aliphatic hydroxyl groups is 1. The Hall–Kier alpha value is -3.24. The topological polar surface area (TPSA) is 50.2 Å². The molecule has 0 amide bonds. The van der Waals surface area contributed by atoms with Crippen molar-refractivity contribution in [3.8, 4) is 22.4 Å². The number of nitrogens with zero attached hydrogens (tertiary/aromatic N) is 1. The summed E-state index contributed by atoms with van der Waals surface area (Å²) >= 11 is 1.85. The maximum absolute atomic E-state index is 11.7. The van der Waals surface area contributed by atoms with Gasteiger partial charge in [0.2, 0.25) is 0 Å². The predicted molar refractivity (Wildman–Crippen MR) is 200 cm³/mol. The molecule has 6 rings (SSSR count). The van der Waals surface area contributed by atoms with Gasteiger partial charge in [0, 0.05) is 65.1 Å². The van der Waals surface area contributed by atoms with E-state index in [2.05, 4.69) is 100 Å². The van der Waals surface area contributed by atoms with Crippen LogP contribution in [0.5, 0.6) is 0 Å². The molecule has 1 N–H and O–H groups in total. The van der Waals surface area contributed by atoms with Crippen molar-refractivity contribution in [2.75, 3.05) is 0 Å². The largest absolute Gasteiger partial charge is 0.512 e. The zero-order valence-electron chi connectivity index (χ0n) is 29.5. The number of aromatic nitrogens is 1. The van der Waals surface area contributed by atoms with Gasteiger partial charge < -0.3 is 5.11 Å². The van der Waals surface area contributed by atoms with Gasteiger partial charge in [-0.25, -0.2) is 0 Å². The molecule has 0 bridgehead atoms. The first kappa shape index (κ1) is 37.6. The fourth-order valence-corrected chi connectivity index (χ4v) is 8.00. The number of rotatable bonds is 8. The van der Waals surface area contributed by atoms with Crippen molar-refractivity contribution in [1.29, 1.82) is 0 Å². The van der Waals surface area contributed by atoms with Crippen LogP contribution in [0, 0.1) is 24.8 Å². The number of benzene rings is 4.